The fraction of sp³-hybridized carbons (Fsp3) is 0.900. The number of hydrogen-bond acceptors (Lipinski definition) is 1. The van der Waals surface area contributed by atoms with E-state index in [1.807, 2.05) is 0 Å². The molecule has 0 aromatic rings. The monoisotopic (exact) mass is 201 g/mol. The van der Waals surface area contributed by atoms with Gasteiger partial charge in [-0.2, -0.15) is 0 Å². The number of nitrogens with two attached hydrogens (primary N) is 2. The van der Waals surface area contributed by atoms with Crippen molar-refractivity contribution in [3.63, 3.8) is 0 Å². The van der Waals surface area contributed by atoms with E-state index in [2.05, 4.69) is 25.9 Å². The number of hydrogen-bond donors (Lipinski definition) is 2. The molecule has 4 N–H and O–H groups in total. The van der Waals surface area contributed by atoms with Crippen molar-refractivity contribution in [1.82, 2.24) is 0 Å². The molecular formula is C10H25N4+. The van der Waals surface area contributed by atoms with Gasteiger partial charge in [0, 0.05) is 6.54 Å². The molecule has 0 aromatic heterocycles. The third-order valence-electron chi connectivity index (χ3n) is 2.93. The largest absolute Gasteiger partial charge is 0.370 e. The quantitative estimate of drug-likeness (QED) is 0.273. The molecular weight excluding hydrogens is 176 g/mol. The fourth-order valence-electron chi connectivity index (χ4n) is 1.35. The number of quaternary nitrogens is 1. The molecule has 0 amide bonds. The summed E-state index contributed by atoms with van der Waals surface area (Å²) in [7, 11) is 2.29. The van der Waals surface area contributed by atoms with Crippen LogP contribution in [0.2, 0.25) is 0 Å². The van der Waals surface area contributed by atoms with Crippen LogP contribution < -0.4 is 11.5 Å². The summed E-state index contributed by atoms with van der Waals surface area (Å²) >= 11 is 0. The van der Waals surface area contributed by atoms with Crippen LogP contribution in [0.15, 0.2) is 4.99 Å². The van der Waals surface area contributed by atoms with Crippen LogP contribution in [0.4, 0.5) is 0 Å². The summed E-state index contributed by atoms with van der Waals surface area (Å²) < 4.78 is 1.14. The first-order valence-electron chi connectivity index (χ1n) is 5.43. The standard InChI is InChI=1S/C10H25N4/c1-4-14(3,5-2)9-7-6-8-13-10(11)12/h4-9H2,1-3H3,(H4,11,12,13)/q+1. The van der Waals surface area contributed by atoms with E-state index in [-0.39, 0.29) is 5.96 Å². The van der Waals surface area contributed by atoms with E-state index in [1.54, 1.807) is 0 Å². The van der Waals surface area contributed by atoms with Crippen molar-refractivity contribution in [2.45, 2.75) is 26.7 Å². The zero-order valence-corrected chi connectivity index (χ0v) is 9.79. The molecule has 0 heterocycles. The highest BCUT2D eigenvalue weighted by Gasteiger charge is 2.14. The highest BCUT2D eigenvalue weighted by Crippen LogP contribution is 2.04. The molecule has 0 spiro atoms. The number of rotatable bonds is 7. The Kier molecular flexibility index (Phi) is 6.28. The topological polar surface area (TPSA) is 64.4 Å². The molecule has 4 heteroatoms. The SMILES string of the molecule is CC[N+](C)(CC)CCCCN=C(N)N. The molecule has 0 aromatic carbocycles. The zero-order valence-electron chi connectivity index (χ0n) is 9.79. The van der Waals surface area contributed by atoms with Crippen LogP contribution in [0.1, 0.15) is 26.7 Å². The van der Waals surface area contributed by atoms with Crippen LogP contribution >= 0.6 is 0 Å². The maximum Gasteiger partial charge on any atom is 0.185 e. The lowest BCUT2D eigenvalue weighted by atomic mass is 10.2. The predicted molar refractivity (Wildman–Crippen MR) is 62.0 cm³/mol. The van der Waals surface area contributed by atoms with E-state index in [0.717, 1.165) is 17.4 Å². The Hall–Kier alpha value is -0.770. The summed E-state index contributed by atoms with van der Waals surface area (Å²) in [6, 6.07) is 0. The van der Waals surface area contributed by atoms with Gasteiger partial charge in [0.2, 0.25) is 0 Å². The summed E-state index contributed by atoms with van der Waals surface area (Å²) in [6.45, 7) is 8.83. The lowest BCUT2D eigenvalue weighted by Crippen LogP contribution is -2.44. The first-order chi connectivity index (χ1) is 6.54. The van der Waals surface area contributed by atoms with Gasteiger partial charge in [0.1, 0.15) is 0 Å². The van der Waals surface area contributed by atoms with Crippen LogP contribution in [0.5, 0.6) is 0 Å². The second-order valence-electron chi connectivity index (χ2n) is 3.99. The van der Waals surface area contributed by atoms with E-state index in [0.29, 0.717) is 0 Å². The first kappa shape index (κ1) is 13.2. The number of unbranched alkanes of at least 4 members (excludes halogenated alkanes) is 1. The van der Waals surface area contributed by atoms with Gasteiger partial charge < -0.3 is 16.0 Å². The lowest BCUT2D eigenvalue weighted by molar-refractivity contribution is -0.906. The van der Waals surface area contributed by atoms with Gasteiger partial charge in [0.25, 0.3) is 0 Å². The van der Waals surface area contributed by atoms with Crippen molar-refractivity contribution in [3.8, 4) is 0 Å². The van der Waals surface area contributed by atoms with Crippen LogP contribution in [0.3, 0.4) is 0 Å². The Bertz CT molecular complexity index is 169. The highest BCUT2D eigenvalue weighted by atomic mass is 15.3. The molecule has 0 saturated heterocycles. The van der Waals surface area contributed by atoms with Gasteiger partial charge in [-0.3, -0.25) is 4.99 Å². The molecule has 84 valence electrons. The fourth-order valence-corrected chi connectivity index (χ4v) is 1.35. The third kappa shape index (κ3) is 5.80. The summed E-state index contributed by atoms with van der Waals surface area (Å²) in [4.78, 5) is 3.96. The molecule has 0 aliphatic rings. The minimum absolute atomic E-state index is 0.202. The summed E-state index contributed by atoms with van der Waals surface area (Å²) in [5, 5.41) is 0. The van der Waals surface area contributed by atoms with Crippen molar-refractivity contribution in [2.24, 2.45) is 16.5 Å². The molecule has 0 atom stereocenters. The van der Waals surface area contributed by atoms with Gasteiger partial charge in [0.15, 0.2) is 5.96 Å². The second kappa shape index (κ2) is 6.65. The van der Waals surface area contributed by atoms with Gasteiger partial charge in [-0.1, -0.05) is 0 Å². The van der Waals surface area contributed by atoms with Crippen LogP contribution in [-0.2, 0) is 0 Å². The normalized spacial score (nSPS) is 11.4. The van der Waals surface area contributed by atoms with Crippen LogP contribution in [0.25, 0.3) is 0 Å². The number of nitrogens with zero attached hydrogens (tertiary/aromatic N) is 2. The van der Waals surface area contributed by atoms with E-state index in [9.17, 15) is 0 Å². The smallest absolute Gasteiger partial charge is 0.185 e. The average molecular weight is 201 g/mol. The molecule has 0 saturated carbocycles. The number of aliphatic imine (C=N–C) groups is 1. The van der Waals surface area contributed by atoms with Gasteiger partial charge in [-0.15, -0.1) is 0 Å². The minimum atomic E-state index is 0.202. The van der Waals surface area contributed by atoms with Crippen molar-refractivity contribution >= 4 is 5.96 Å². The molecule has 0 unspecified atom stereocenters. The third-order valence-corrected chi connectivity index (χ3v) is 2.93. The van der Waals surface area contributed by atoms with Gasteiger partial charge >= 0.3 is 0 Å². The molecule has 0 aliphatic carbocycles. The van der Waals surface area contributed by atoms with Gasteiger partial charge in [0.05, 0.1) is 26.7 Å². The van der Waals surface area contributed by atoms with E-state index < -0.39 is 0 Å². The molecule has 4 nitrogen and oxygen atoms in total. The van der Waals surface area contributed by atoms with Crippen LogP contribution in [-0.4, -0.2) is 43.7 Å². The maximum atomic E-state index is 5.24. The highest BCUT2D eigenvalue weighted by molar-refractivity contribution is 5.75. The Morgan fingerprint density at radius 1 is 1.14 bits per heavy atom. The summed E-state index contributed by atoms with van der Waals surface area (Å²) in [5.41, 5.74) is 10.5. The zero-order chi connectivity index (χ0) is 11.0. The second-order valence-corrected chi connectivity index (χ2v) is 3.99. The Morgan fingerprint density at radius 3 is 2.14 bits per heavy atom. The summed E-state index contributed by atoms with van der Waals surface area (Å²) in [6.07, 6.45) is 2.26. The Labute approximate surface area is 87.6 Å². The molecule has 0 fully saturated rings. The first-order valence-corrected chi connectivity index (χ1v) is 5.43. The molecule has 0 aliphatic heterocycles. The molecule has 0 rings (SSSR count). The summed E-state index contributed by atoms with van der Waals surface area (Å²) in [5.74, 6) is 0.202. The molecule has 14 heavy (non-hydrogen) atoms. The van der Waals surface area contributed by atoms with Crippen molar-refractivity contribution in [2.75, 3.05) is 33.2 Å². The lowest BCUT2D eigenvalue weighted by Gasteiger charge is -2.32. The number of guanidine groups is 1. The Morgan fingerprint density at radius 2 is 1.71 bits per heavy atom. The van der Waals surface area contributed by atoms with Crippen molar-refractivity contribution in [1.29, 1.82) is 0 Å². The van der Waals surface area contributed by atoms with E-state index in [1.165, 1.54) is 26.1 Å². The average Bonchev–Trinajstić information content (AvgIpc) is 2.16. The molecule has 0 bridgehead atoms. The van der Waals surface area contributed by atoms with Gasteiger partial charge in [-0.05, 0) is 26.7 Å². The van der Waals surface area contributed by atoms with Gasteiger partial charge in [-0.25, -0.2) is 0 Å². The van der Waals surface area contributed by atoms with E-state index >= 15 is 0 Å². The van der Waals surface area contributed by atoms with Crippen molar-refractivity contribution < 1.29 is 4.48 Å². The maximum absolute atomic E-state index is 5.24. The molecule has 0 radical (unpaired) electrons. The van der Waals surface area contributed by atoms with Crippen molar-refractivity contribution in [3.05, 3.63) is 0 Å². The predicted octanol–water partition coefficient (Wildman–Crippen LogP) is 0.526. The minimum Gasteiger partial charge on any atom is -0.370 e. The Balaban J connectivity index is 3.58. The van der Waals surface area contributed by atoms with E-state index in [4.69, 9.17) is 11.5 Å². The van der Waals surface area contributed by atoms with Crippen LogP contribution in [0, 0.1) is 0 Å².